The maximum Gasteiger partial charge on any atom is 0.234 e. The van der Waals surface area contributed by atoms with Crippen LogP contribution in [0, 0.1) is 5.82 Å². The van der Waals surface area contributed by atoms with Gasteiger partial charge in [-0.05, 0) is 31.0 Å². The molecular weight excluding hydrogens is 289 g/mol. The minimum Gasteiger partial charge on any atom is -0.396 e. The summed E-state index contributed by atoms with van der Waals surface area (Å²) in [6.45, 7) is 0. The van der Waals surface area contributed by atoms with E-state index in [4.69, 9.17) is 5.73 Å². The van der Waals surface area contributed by atoms with Crippen LogP contribution in [0.4, 0.5) is 10.1 Å². The summed E-state index contributed by atoms with van der Waals surface area (Å²) in [5, 5.41) is 13.8. The lowest BCUT2D eigenvalue weighted by molar-refractivity contribution is 0.632. The van der Waals surface area contributed by atoms with E-state index in [9.17, 15) is 4.39 Å². The highest BCUT2D eigenvalue weighted by atomic mass is 32.1. The zero-order valence-corrected chi connectivity index (χ0v) is 12.1. The first-order chi connectivity index (χ1) is 10.2. The van der Waals surface area contributed by atoms with Crippen molar-refractivity contribution in [1.29, 1.82) is 0 Å². The predicted octanol–water partition coefficient (Wildman–Crippen LogP) is 3.23. The molecule has 0 atom stereocenters. The van der Waals surface area contributed by atoms with Gasteiger partial charge in [0.2, 0.25) is 4.96 Å². The van der Waals surface area contributed by atoms with Gasteiger partial charge < -0.3 is 5.73 Å². The van der Waals surface area contributed by atoms with Crippen molar-refractivity contribution in [1.82, 2.24) is 19.8 Å². The van der Waals surface area contributed by atoms with Crippen LogP contribution in [-0.2, 0) is 0 Å². The third-order valence-corrected chi connectivity index (χ3v) is 4.93. The van der Waals surface area contributed by atoms with Crippen LogP contribution in [0.3, 0.4) is 0 Å². The molecule has 5 nitrogen and oxygen atoms in total. The molecule has 3 aromatic rings. The number of hydrogen-bond acceptors (Lipinski definition) is 5. The number of anilines is 1. The normalized spacial score (nSPS) is 16.0. The van der Waals surface area contributed by atoms with E-state index in [1.807, 2.05) is 4.52 Å². The van der Waals surface area contributed by atoms with Crippen molar-refractivity contribution in [3.05, 3.63) is 29.8 Å². The van der Waals surface area contributed by atoms with Gasteiger partial charge in [0.25, 0.3) is 0 Å². The SMILES string of the molecule is Nc1ccc(-c2nn3c(C4CCCC4)nnc3s2)cc1F. The Kier molecular flexibility index (Phi) is 2.88. The van der Waals surface area contributed by atoms with Crippen molar-refractivity contribution in [2.45, 2.75) is 31.6 Å². The minimum atomic E-state index is -0.422. The molecule has 21 heavy (non-hydrogen) atoms. The Bertz CT molecular complexity index is 803. The van der Waals surface area contributed by atoms with E-state index in [1.54, 1.807) is 12.1 Å². The second-order valence-electron chi connectivity index (χ2n) is 5.38. The van der Waals surface area contributed by atoms with Gasteiger partial charge in [-0.3, -0.25) is 0 Å². The van der Waals surface area contributed by atoms with E-state index >= 15 is 0 Å². The fraction of sp³-hybridized carbons (Fsp3) is 0.357. The van der Waals surface area contributed by atoms with Crippen molar-refractivity contribution in [3.8, 4) is 10.6 Å². The molecule has 7 heteroatoms. The third kappa shape index (κ3) is 2.08. The molecule has 1 fully saturated rings. The van der Waals surface area contributed by atoms with Gasteiger partial charge >= 0.3 is 0 Å². The lowest BCUT2D eigenvalue weighted by Gasteiger charge is -2.03. The zero-order chi connectivity index (χ0) is 14.4. The van der Waals surface area contributed by atoms with Gasteiger partial charge in [0.1, 0.15) is 10.8 Å². The van der Waals surface area contributed by atoms with Crippen LogP contribution in [0.2, 0.25) is 0 Å². The molecule has 0 unspecified atom stereocenters. The Morgan fingerprint density at radius 3 is 2.81 bits per heavy atom. The lowest BCUT2D eigenvalue weighted by atomic mass is 10.1. The Labute approximate surface area is 124 Å². The number of hydrogen-bond donors (Lipinski definition) is 1. The van der Waals surface area contributed by atoms with Crippen LogP contribution >= 0.6 is 11.3 Å². The summed E-state index contributed by atoms with van der Waals surface area (Å²) in [5.74, 6) is 0.952. The van der Waals surface area contributed by atoms with E-state index in [1.165, 1.54) is 30.2 Å². The van der Waals surface area contributed by atoms with Gasteiger partial charge in [0.15, 0.2) is 5.82 Å². The maximum atomic E-state index is 13.6. The van der Waals surface area contributed by atoms with Crippen LogP contribution in [-0.4, -0.2) is 19.8 Å². The highest BCUT2D eigenvalue weighted by Crippen LogP contribution is 2.35. The van der Waals surface area contributed by atoms with E-state index in [2.05, 4.69) is 15.3 Å². The highest BCUT2D eigenvalue weighted by Gasteiger charge is 2.24. The summed E-state index contributed by atoms with van der Waals surface area (Å²) in [7, 11) is 0. The summed E-state index contributed by atoms with van der Waals surface area (Å²) in [6.07, 6.45) is 4.76. The second kappa shape index (κ2) is 4.77. The Morgan fingerprint density at radius 1 is 1.24 bits per heavy atom. The predicted molar refractivity (Wildman–Crippen MR) is 79.7 cm³/mol. The maximum absolute atomic E-state index is 13.6. The number of aromatic nitrogens is 4. The van der Waals surface area contributed by atoms with Crippen LogP contribution in [0.25, 0.3) is 15.5 Å². The average Bonchev–Trinajstić information content (AvgIpc) is 3.16. The molecule has 1 aliphatic rings. The van der Waals surface area contributed by atoms with Gasteiger partial charge in [-0.25, -0.2) is 4.39 Å². The first-order valence-corrected chi connectivity index (χ1v) is 7.81. The number of benzene rings is 1. The number of rotatable bonds is 2. The molecule has 108 valence electrons. The van der Waals surface area contributed by atoms with E-state index in [0.717, 1.165) is 34.2 Å². The number of nitrogens with two attached hydrogens (primary N) is 1. The molecule has 2 aromatic heterocycles. The molecule has 1 aromatic carbocycles. The van der Waals surface area contributed by atoms with Crippen LogP contribution in [0.15, 0.2) is 18.2 Å². The number of nitrogen functional groups attached to an aromatic ring is 1. The van der Waals surface area contributed by atoms with Gasteiger partial charge in [-0.15, -0.1) is 10.2 Å². The van der Waals surface area contributed by atoms with E-state index < -0.39 is 5.82 Å². The third-order valence-electron chi connectivity index (χ3n) is 3.98. The zero-order valence-electron chi connectivity index (χ0n) is 11.3. The van der Waals surface area contributed by atoms with Crippen LogP contribution < -0.4 is 5.73 Å². The van der Waals surface area contributed by atoms with E-state index in [-0.39, 0.29) is 5.69 Å². The average molecular weight is 303 g/mol. The molecule has 0 bridgehead atoms. The monoisotopic (exact) mass is 303 g/mol. The molecule has 2 heterocycles. The molecule has 1 saturated carbocycles. The summed E-state index contributed by atoms with van der Waals surface area (Å²) in [4.78, 5) is 0.754. The Morgan fingerprint density at radius 2 is 2.05 bits per heavy atom. The molecule has 2 N–H and O–H groups in total. The van der Waals surface area contributed by atoms with Gasteiger partial charge in [-0.2, -0.15) is 9.61 Å². The van der Waals surface area contributed by atoms with Crippen LogP contribution in [0.1, 0.15) is 37.4 Å². The van der Waals surface area contributed by atoms with Crippen molar-refractivity contribution in [2.24, 2.45) is 0 Å². The highest BCUT2D eigenvalue weighted by molar-refractivity contribution is 7.19. The number of halogens is 1. The quantitative estimate of drug-likeness (QED) is 0.738. The molecule has 0 aliphatic heterocycles. The Hall–Kier alpha value is -2.02. The first kappa shape index (κ1) is 12.7. The smallest absolute Gasteiger partial charge is 0.234 e. The van der Waals surface area contributed by atoms with E-state index in [0.29, 0.717) is 5.92 Å². The van der Waals surface area contributed by atoms with Crippen molar-refractivity contribution in [2.75, 3.05) is 5.73 Å². The molecule has 4 rings (SSSR count). The second-order valence-corrected chi connectivity index (χ2v) is 6.33. The van der Waals surface area contributed by atoms with Crippen LogP contribution in [0.5, 0.6) is 0 Å². The molecule has 0 spiro atoms. The summed E-state index contributed by atoms with van der Waals surface area (Å²) < 4.78 is 15.4. The summed E-state index contributed by atoms with van der Waals surface area (Å²) in [6, 6.07) is 4.75. The first-order valence-electron chi connectivity index (χ1n) is 7.00. The topological polar surface area (TPSA) is 69.1 Å². The number of nitrogens with zero attached hydrogens (tertiary/aromatic N) is 4. The fourth-order valence-corrected chi connectivity index (χ4v) is 3.69. The summed E-state index contributed by atoms with van der Waals surface area (Å²) >= 11 is 1.42. The van der Waals surface area contributed by atoms with Gasteiger partial charge in [0, 0.05) is 11.5 Å². The van der Waals surface area contributed by atoms with Crippen molar-refractivity contribution < 1.29 is 4.39 Å². The largest absolute Gasteiger partial charge is 0.396 e. The molecule has 0 amide bonds. The standard InChI is InChI=1S/C14H14FN5S/c15-10-7-9(5-6-11(10)16)13-19-20-12(8-3-1-2-4-8)17-18-14(20)21-13/h5-8H,1-4,16H2. The van der Waals surface area contributed by atoms with Gasteiger partial charge in [-0.1, -0.05) is 24.2 Å². The minimum absolute atomic E-state index is 0.147. The Balaban J connectivity index is 1.78. The fourth-order valence-electron chi connectivity index (χ4n) is 2.85. The van der Waals surface area contributed by atoms with Crippen molar-refractivity contribution in [3.63, 3.8) is 0 Å². The van der Waals surface area contributed by atoms with Crippen molar-refractivity contribution >= 4 is 22.0 Å². The molecule has 0 saturated heterocycles. The van der Waals surface area contributed by atoms with Gasteiger partial charge in [0.05, 0.1) is 5.69 Å². The lowest BCUT2D eigenvalue weighted by Crippen LogP contribution is -2.01. The molecule has 0 radical (unpaired) electrons. The molecular formula is C14H14FN5S. The molecule has 1 aliphatic carbocycles. The summed E-state index contributed by atoms with van der Waals surface area (Å²) in [5.41, 5.74) is 6.37. The number of fused-ring (bicyclic) bond motifs is 1.